The van der Waals surface area contributed by atoms with Crippen molar-refractivity contribution in [3.8, 4) is 0 Å². The first-order valence-electron chi connectivity index (χ1n) is 7.38. The van der Waals surface area contributed by atoms with Crippen LogP contribution in [0, 0.1) is 0 Å². The van der Waals surface area contributed by atoms with Gasteiger partial charge in [-0.3, -0.25) is 4.79 Å². The topological polar surface area (TPSA) is 49.9 Å². The fourth-order valence-electron chi connectivity index (χ4n) is 2.70. The molecule has 0 saturated carbocycles. The zero-order chi connectivity index (χ0) is 15.5. The van der Waals surface area contributed by atoms with E-state index in [9.17, 15) is 9.59 Å². The van der Waals surface area contributed by atoms with Crippen molar-refractivity contribution in [2.45, 2.75) is 72.1 Å². The van der Waals surface area contributed by atoms with Crippen molar-refractivity contribution >= 4 is 12.0 Å². The highest BCUT2D eigenvalue weighted by Gasteiger charge is 2.31. The van der Waals surface area contributed by atoms with Crippen LogP contribution < -0.4 is 0 Å². The van der Waals surface area contributed by atoms with Crippen molar-refractivity contribution in [3.05, 3.63) is 0 Å². The first-order chi connectivity index (χ1) is 9.11. The molecule has 0 aliphatic carbocycles. The first-order valence-corrected chi connectivity index (χ1v) is 7.38. The summed E-state index contributed by atoms with van der Waals surface area (Å²) in [4.78, 5) is 27.3. The van der Waals surface area contributed by atoms with Gasteiger partial charge in [0.2, 0.25) is 5.91 Å². The maximum atomic E-state index is 12.0. The standard InChI is InChI=1S/C15H28N2O3/c1-11(2)17(12(3)18)13-7-9-16(10-8-13)14(19)20-15(4,5)6/h11,13H,7-10H2,1-6H3. The zero-order valence-electron chi connectivity index (χ0n) is 13.6. The van der Waals surface area contributed by atoms with Gasteiger partial charge in [-0.15, -0.1) is 0 Å². The van der Waals surface area contributed by atoms with Gasteiger partial charge in [-0.2, -0.15) is 0 Å². The summed E-state index contributed by atoms with van der Waals surface area (Å²) in [5, 5.41) is 0. The molecule has 0 atom stereocenters. The number of hydrogen-bond acceptors (Lipinski definition) is 3. The number of likely N-dealkylation sites (tertiary alicyclic amines) is 1. The minimum absolute atomic E-state index is 0.107. The molecule has 5 heteroatoms. The van der Waals surface area contributed by atoms with Crippen molar-refractivity contribution in [1.82, 2.24) is 9.80 Å². The summed E-state index contributed by atoms with van der Waals surface area (Å²) < 4.78 is 5.37. The van der Waals surface area contributed by atoms with Crippen LogP contribution in [-0.4, -0.2) is 52.6 Å². The normalized spacial score (nSPS) is 17.2. The molecule has 5 nitrogen and oxygen atoms in total. The maximum absolute atomic E-state index is 12.0. The second-order valence-electron chi connectivity index (χ2n) is 6.72. The Balaban J connectivity index is 2.55. The third-order valence-electron chi connectivity index (χ3n) is 3.43. The molecule has 1 fully saturated rings. The molecule has 116 valence electrons. The maximum Gasteiger partial charge on any atom is 0.410 e. The average Bonchev–Trinajstić information content (AvgIpc) is 2.26. The number of hydrogen-bond donors (Lipinski definition) is 0. The third-order valence-corrected chi connectivity index (χ3v) is 3.43. The van der Waals surface area contributed by atoms with Crippen molar-refractivity contribution in [2.24, 2.45) is 0 Å². The molecule has 0 aromatic heterocycles. The number of carbonyl (C=O) groups excluding carboxylic acids is 2. The molecular formula is C15H28N2O3. The van der Waals surface area contributed by atoms with Gasteiger partial charge in [-0.05, 0) is 47.5 Å². The lowest BCUT2D eigenvalue weighted by molar-refractivity contribution is -0.134. The molecule has 1 rings (SSSR count). The molecule has 2 amide bonds. The lowest BCUT2D eigenvalue weighted by Crippen LogP contribution is -2.51. The Hall–Kier alpha value is -1.26. The predicted octanol–water partition coefficient (Wildman–Crippen LogP) is 2.64. The van der Waals surface area contributed by atoms with E-state index in [1.54, 1.807) is 11.8 Å². The largest absolute Gasteiger partial charge is 0.444 e. The van der Waals surface area contributed by atoms with Gasteiger partial charge in [0.15, 0.2) is 0 Å². The lowest BCUT2D eigenvalue weighted by Gasteiger charge is -2.40. The van der Waals surface area contributed by atoms with Gasteiger partial charge in [-0.1, -0.05) is 0 Å². The van der Waals surface area contributed by atoms with Crippen LogP contribution in [0.15, 0.2) is 0 Å². The highest BCUT2D eigenvalue weighted by atomic mass is 16.6. The van der Waals surface area contributed by atoms with Crippen molar-refractivity contribution < 1.29 is 14.3 Å². The Morgan fingerprint density at radius 2 is 1.70 bits per heavy atom. The Morgan fingerprint density at radius 3 is 2.05 bits per heavy atom. The second-order valence-corrected chi connectivity index (χ2v) is 6.72. The number of ether oxygens (including phenoxy) is 1. The van der Waals surface area contributed by atoms with E-state index in [1.807, 2.05) is 39.5 Å². The number of carbonyl (C=O) groups is 2. The van der Waals surface area contributed by atoms with Gasteiger partial charge in [0.05, 0.1) is 0 Å². The average molecular weight is 284 g/mol. The summed E-state index contributed by atoms with van der Waals surface area (Å²) in [5.74, 6) is 0.107. The number of amides is 2. The summed E-state index contributed by atoms with van der Waals surface area (Å²) in [6, 6.07) is 0.428. The molecule has 0 aromatic carbocycles. The van der Waals surface area contributed by atoms with Crippen LogP contribution in [-0.2, 0) is 9.53 Å². The molecule has 1 heterocycles. The molecular weight excluding hydrogens is 256 g/mol. The molecule has 1 aliphatic rings. The van der Waals surface area contributed by atoms with Crippen LogP contribution in [0.2, 0.25) is 0 Å². The fraction of sp³-hybridized carbons (Fsp3) is 0.867. The minimum Gasteiger partial charge on any atom is -0.444 e. The van der Waals surface area contributed by atoms with Gasteiger partial charge < -0.3 is 14.5 Å². The van der Waals surface area contributed by atoms with E-state index in [2.05, 4.69) is 0 Å². The zero-order valence-corrected chi connectivity index (χ0v) is 13.6. The van der Waals surface area contributed by atoms with Crippen LogP contribution >= 0.6 is 0 Å². The van der Waals surface area contributed by atoms with Crippen molar-refractivity contribution in [2.75, 3.05) is 13.1 Å². The van der Waals surface area contributed by atoms with E-state index < -0.39 is 5.60 Å². The van der Waals surface area contributed by atoms with Gasteiger partial charge in [0, 0.05) is 32.1 Å². The molecule has 0 bridgehead atoms. The van der Waals surface area contributed by atoms with Gasteiger partial charge in [0.25, 0.3) is 0 Å². The molecule has 0 unspecified atom stereocenters. The van der Waals surface area contributed by atoms with Crippen LogP contribution in [0.3, 0.4) is 0 Å². The lowest BCUT2D eigenvalue weighted by atomic mass is 10.0. The van der Waals surface area contributed by atoms with Crippen LogP contribution in [0.1, 0.15) is 54.4 Å². The SMILES string of the molecule is CC(=O)N(C(C)C)C1CCN(C(=O)OC(C)(C)C)CC1. The van der Waals surface area contributed by atoms with Crippen LogP contribution in [0.4, 0.5) is 4.79 Å². The minimum atomic E-state index is -0.461. The summed E-state index contributed by atoms with van der Waals surface area (Å²) >= 11 is 0. The van der Waals surface area contributed by atoms with Crippen molar-refractivity contribution in [1.29, 1.82) is 0 Å². The van der Waals surface area contributed by atoms with E-state index in [0.717, 1.165) is 12.8 Å². The molecule has 0 aromatic rings. The Kier molecular flexibility index (Phi) is 5.42. The number of piperidine rings is 1. The highest BCUT2D eigenvalue weighted by Crippen LogP contribution is 2.21. The fourth-order valence-corrected chi connectivity index (χ4v) is 2.70. The Morgan fingerprint density at radius 1 is 1.20 bits per heavy atom. The molecule has 0 radical (unpaired) electrons. The summed E-state index contributed by atoms with van der Waals surface area (Å²) in [5.41, 5.74) is -0.461. The van der Waals surface area contributed by atoms with Gasteiger partial charge in [0.1, 0.15) is 5.60 Å². The summed E-state index contributed by atoms with van der Waals surface area (Å²) in [6.07, 6.45) is 1.38. The van der Waals surface area contributed by atoms with Crippen LogP contribution in [0.5, 0.6) is 0 Å². The number of nitrogens with zero attached hydrogens (tertiary/aromatic N) is 2. The van der Waals surface area contributed by atoms with E-state index in [4.69, 9.17) is 4.74 Å². The molecule has 20 heavy (non-hydrogen) atoms. The Bertz CT molecular complexity index is 353. The van der Waals surface area contributed by atoms with Crippen molar-refractivity contribution in [3.63, 3.8) is 0 Å². The number of rotatable bonds is 2. The molecule has 1 saturated heterocycles. The molecule has 1 aliphatic heterocycles. The highest BCUT2D eigenvalue weighted by molar-refractivity contribution is 5.74. The van der Waals surface area contributed by atoms with E-state index in [0.29, 0.717) is 13.1 Å². The predicted molar refractivity (Wildman–Crippen MR) is 78.5 cm³/mol. The summed E-state index contributed by atoms with van der Waals surface area (Å²) in [6.45, 7) is 12.6. The first kappa shape index (κ1) is 16.8. The van der Waals surface area contributed by atoms with E-state index in [-0.39, 0.29) is 24.1 Å². The summed E-state index contributed by atoms with van der Waals surface area (Å²) in [7, 11) is 0. The van der Waals surface area contributed by atoms with Gasteiger partial charge >= 0.3 is 6.09 Å². The monoisotopic (exact) mass is 284 g/mol. The second kappa shape index (κ2) is 6.46. The Labute approximate surface area is 122 Å². The smallest absolute Gasteiger partial charge is 0.410 e. The van der Waals surface area contributed by atoms with E-state index in [1.165, 1.54) is 0 Å². The van der Waals surface area contributed by atoms with Gasteiger partial charge in [-0.25, -0.2) is 4.79 Å². The van der Waals surface area contributed by atoms with Crippen LogP contribution in [0.25, 0.3) is 0 Å². The molecule has 0 N–H and O–H groups in total. The quantitative estimate of drug-likeness (QED) is 0.783. The van der Waals surface area contributed by atoms with E-state index >= 15 is 0 Å². The molecule has 0 spiro atoms. The third kappa shape index (κ3) is 4.69.